The average molecular weight is 396 g/mol. The van der Waals surface area contributed by atoms with E-state index in [2.05, 4.69) is 35.9 Å². The zero-order chi connectivity index (χ0) is 20.6. The highest BCUT2D eigenvalue weighted by molar-refractivity contribution is 5.79. The molecule has 5 nitrogen and oxygen atoms in total. The molecule has 2 aromatic rings. The Hall–Kier alpha value is -2.40. The zero-order valence-corrected chi connectivity index (χ0v) is 17.9. The minimum atomic E-state index is 0.121. The Balaban J connectivity index is 1.58. The number of pyridine rings is 1. The predicted molar refractivity (Wildman–Crippen MR) is 116 cm³/mol. The van der Waals surface area contributed by atoms with Crippen LogP contribution in [0.4, 0.5) is 0 Å². The largest absolute Gasteiger partial charge is 0.487 e. The molecule has 1 aromatic heterocycles. The van der Waals surface area contributed by atoms with Gasteiger partial charge in [0.25, 0.3) is 0 Å². The Kier molecular flexibility index (Phi) is 7.64. The molecule has 1 saturated heterocycles. The summed E-state index contributed by atoms with van der Waals surface area (Å²) in [5.74, 6) is 1.29. The molecule has 0 spiro atoms. The summed E-state index contributed by atoms with van der Waals surface area (Å²) in [6.07, 6.45) is 3.87. The van der Waals surface area contributed by atoms with Crippen molar-refractivity contribution in [1.82, 2.24) is 14.8 Å². The lowest BCUT2D eigenvalue weighted by atomic mass is 9.96. The first-order valence-electron chi connectivity index (χ1n) is 10.7. The van der Waals surface area contributed by atoms with Crippen molar-refractivity contribution in [3.8, 4) is 5.75 Å². The van der Waals surface area contributed by atoms with E-state index in [1.807, 2.05) is 36.1 Å². The Morgan fingerprint density at radius 2 is 2.07 bits per heavy atom. The van der Waals surface area contributed by atoms with Crippen LogP contribution in [0, 0.1) is 12.8 Å². The molecule has 3 rings (SSSR count). The molecule has 0 aliphatic carbocycles. The van der Waals surface area contributed by atoms with Crippen LogP contribution in [0.15, 0.2) is 42.6 Å². The molecule has 1 aliphatic heterocycles. The van der Waals surface area contributed by atoms with Crippen LogP contribution >= 0.6 is 0 Å². The van der Waals surface area contributed by atoms with E-state index in [0.717, 1.165) is 62.6 Å². The number of likely N-dealkylation sites (tertiary alicyclic amines) is 1. The second-order valence-electron chi connectivity index (χ2n) is 7.79. The van der Waals surface area contributed by atoms with Gasteiger partial charge in [-0.25, -0.2) is 0 Å². The van der Waals surface area contributed by atoms with Crippen LogP contribution in [0.25, 0.3) is 0 Å². The molecule has 0 N–H and O–H groups in total. The highest BCUT2D eigenvalue weighted by Gasteiger charge is 2.28. The van der Waals surface area contributed by atoms with E-state index in [4.69, 9.17) is 4.74 Å². The summed E-state index contributed by atoms with van der Waals surface area (Å²) >= 11 is 0. The van der Waals surface area contributed by atoms with Crippen LogP contribution in [0.5, 0.6) is 5.75 Å². The number of carbonyl (C=O) groups excluding carboxylic acids is 1. The summed E-state index contributed by atoms with van der Waals surface area (Å²) in [7, 11) is 0. The van der Waals surface area contributed by atoms with E-state index in [0.29, 0.717) is 12.5 Å². The second-order valence-corrected chi connectivity index (χ2v) is 7.79. The molecule has 1 fully saturated rings. The van der Waals surface area contributed by atoms with E-state index < -0.39 is 0 Å². The van der Waals surface area contributed by atoms with Gasteiger partial charge < -0.3 is 9.64 Å². The van der Waals surface area contributed by atoms with Gasteiger partial charge in [0, 0.05) is 32.4 Å². The number of ether oxygens (including phenoxy) is 1. The Morgan fingerprint density at radius 3 is 2.83 bits per heavy atom. The van der Waals surface area contributed by atoms with Gasteiger partial charge in [-0.3, -0.25) is 14.7 Å². The normalized spacial score (nSPS) is 17.1. The molecule has 2 heterocycles. The molecule has 5 heteroatoms. The van der Waals surface area contributed by atoms with Crippen LogP contribution in [0.1, 0.15) is 43.5 Å². The molecule has 1 aromatic carbocycles. The van der Waals surface area contributed by atoms with Gasteiger partial charge in [-0.1, -0.05) is 18.2 Å². The topological polar surface area (TPSA) is 45.7 Å². The van der Waals surface area contributed by atoms with Crippen molar-refractivity contribution in [2.24, 2.45) is 5.92 Å². The SMILES string of the molecule is CCN(CC)C(=O)C1CCCN(Cc2cccc(OCc3ncccc3C)c2)C1. The first-order chi connectivity index (χ1) is 14.1. The van der Waals surface area contributed by atoms with E-state index >= 15 is 0 Å². The first kappa shape index (κ1) is 21.3. The van der Waals surface area contributed by atoms with Gasteiger partial charge >= 0.3 is 0 Å². The van der Waals surface area contributed by atoms with Gasteiger partial charge in [-0.2, -0.15) is 0 Å². The number of piperidine rings is 1. The maximum atomic E-state index is 12.7. The molecule has 1 aliphatic rings. The molecule has 0 saturated carbocycles. The van der Waals surface area contributed by atoms with Gasteiger partial charge in [-0.05, 0) is 69.5 Å². The molecular weight excluding hydrogens is 362 g/mol. The molecular formula is C24H33N3O2. The standard InChI is InChI=1S/C24H33N3O2/c1-4-27(5-2)24(28)21-11-8-14-26(17-21)16-20-10-6-12-22(15-20)29-18-23-19(3)9-7-13-25-23/h6-7,9-10,12-13,15,21H,4-5,8,11,14,16-18H2,1-3H3. The Bertz CT molecular complexity index is 804. The Morgan fingerprint density at radius 1 is 1.24 bits per heavy atom. The third-order valence-corrected chi connectivity index (χ3v) is 5.73. The van der Waals surface area contributed by atoms with Gasteiger partial charge in [0.15, 0.2) is 0 Å². The van der Waals surface area contributed by atoms with Crippen LogP contribution in [0.2, 0.25) is 0 Å². The minimum Gasteiger partial charge on any atom is -0.487 e. The van der Waals surface area contributed by atoms with Crippen molar-refractivity contribution in [1.29, 1.82) is 0 Å². The summed E-state index contributed by atoms with van der Waals surface area (Å²) in [6, 6.07) is 12.3. The highest BCUT2D eigenvalue weighted by atomic mass is 16.5. The van der Waals surface area contributed by atoms with Gasteiger partial charge in [-0.15, -0.1) is 0 Å². The fourth-order valence-corrected chi connectivity index (χ4v) is 4.01. The molecule has 1 atom stereocenters. The lowest BCUT2D eigenvalue weighted by molar-refractivity contribution is -0.137. The maximum Gasteiger partial charge on any atom is 0.226 e. The number of hydrogen-bond donors (Lipinski definition) is 0. The third kappa shape index (κ3) is 5.80. The molecule has 0 radical (unpaired) electrons. The second kappa shape index (κ2) is 10.4. The maximum absolute atomic E-state index is 12.7. The lowest BCUT2D eigenvalue weighted by Crippen LogP contribution is -2.44. The summed E-state index contributed by atoms with van der Waals surface area (Å²) in [6.45, 7) is 11.0. The first-order valence-corrected chi connectivity index (χ1v) is 10.7. The van der Waals surface area contributed by atoms with E-state index in [1.165, 1.54) is 5.56 Å². The molecule has 29 heavy (non-hydrogen) atoms. The predicted octanol–water partition coefficient (Wildman–Crippen LogP) is 4.05. The van der Waals surface area contributed by atoms with Gasteiger partial charge in [0.05, 0.1) is 11.6 Å². The van der Waals surface area contributed by atoms with Crippen molar-refractivity contribution < 1.29 is 9.53 Å². The van der Waals surface area contributed by atoms with Crippen LogP contribution in [-0.2, 0) is 17.9 Å². The monoisotopic (exact) mass is 395 g/mol. The zero-order valence-electron chi connectivity index (χ0n) is 17.9. The number of carbonyl (C=O) groups is 1. The third-order valence-electron chi connectivity index (χ3n) is 5.73. The number of hydrogen-bond acceptors (Lipinski definition) is 4. The van der Waals surface area contributed by atoms with Gasteiger partial charge in [0.2, 0.25) is 5.91 Å². The van der Waals surface area contributed by atoms with Crippen molar-refractivity contribution in [3.05, 3.63) is 59.4 Å². The van der Waals surface area contributed by atoms with Crippen LogP contribution < -0.4 is 4.74 Å². The molecule has 1 amide bonds. The summed E-state index contributed by atoms with van der Waals surface area (Å²) < 4.78 is 5.98. The van der Waals surface area contributed by atoms with E-state index in [9.17, 15) is 4.79 Å². The summed E-state index contributed by atoms with van der Waals surface area (Å²) in [5.41, 5.74) is 3.32. The molecule has 1 unspecified atom stereocenters. The minimum absolute atomic E-state index is 0.121. The summed E-state index contributed by atoms with van der Waals surface area (Å²) in [5, 5.41) is 0. The smallest absolute Gasteiger partial charge is 0.226 e. The van der Waals surface area contributed by atoms with Crippen LogP contribution in [-0.4, -0.2) is 46.9 Å². The molecule has 0 bridgehead atoms. The quantitative estimate of drug-likeness (QED) is 0.676. The molecule has 156 valence electrons. The Labute approximate surface area is 174 Å². The number of benzene rings is 1. The fraction of sp³-hybridized carbons (Fsp3) is 0.500. The van der Waals surface area contributed by atoms with E-state index in [1.54, 1.807) is 6.20 Å². The van der Waals surface area contributed by atoms with Crippen molar-refractivity contribution in [2.45, 2.75) is 46.8 Å². The van der Waals surface area contributed by atoms with Crippen molar-refractivity contribution in [3.63, 3.8) is 0 Å². The fourth-order valence-electron chi connectivity index (χ4n) is 4.01. The summed E-state index contributed by atoms with van der Waals surface area (Å²) in [4.78, 5) is 21.5. The number of aryl methyl sites for hydroxylation is 1. The lowest BCUT2D eigenvalue weighted by Gasteiger charge is -2.34. The number of nitrogens with zero attached hydrogens (tertiary/aromatic N) is 3. The number of rotatable bonds is 8. The number of aromatic nitrogens is 1. The van der Waals surface area contributed by atoms with Gasteiger partial charge in [0.1, 0.15) is 12.4 Å². The average Bonchev–Trinajstić information content (AvgIpc) is 2.74. The highest BCUT2D eigenvalue weighted by Crippen LogP contribution is 2.22. The van der Waals surface area contributed by atoms with Crippen molar-refractivity contribution >= 4 is 5.91 Å². The number of amides is 1. The van der Waals surface area contributed by atoms with Crippen molar-refractivity contribution in [2.75, 3.05) is 26.2 Å². The van der Waals surface area contributed by atoms with Crippen LogP contribution in [0.3, 0.4) is 0 Å². The van der Waals surface area contributed by atoms with E-state index in [-0.39, 0.29) is 5.92 Å².